The highest BCUT2D eigenvalue weighted by Gasteiger charge is 2.31. The van der Waals surface area contributed by atoms with Gasteiger partial charge in [-0.25, -0.2) is 5.84 Å². The molecule has 1 aromatic rings. The third kappa shape index (κ3) is 1.62. The fourth-order valence-electron chi connectivity index (χ4n) is 2.14. The average Bonchev–Trinajstić information content (AvgIpc) is 2.29. The van der Waals surface area contributed by atoms with E-state index in [-0.39, 0.29) is 5.78 Å². The summed E-state index contributed by atoms with van der Waals surface area (Å²) in [6, 6.07) is 7.31. The van der Waals surface area contributed by atoms with Crippen LogP contribution in [0.15, 0.2) is 42.6 Å². The lowest BCUT2D eigenvalue weighted by atomic mass is 9.84. The second-order valence-corrected chi connectivity index (χ2v) is 4.04. The van der Waals surface area contributed by atoms with Crippen molar-refractivity contribution >= 4 is 11.5 Å². The highest BCUT2D eigenvalue weighted by Crippen LogP contribution is 2.33. The highest BCUT2D eigenvalue weighted by atomic mass is 16.1. The molecule has 4 nitrogen and oxygen atoms in total. The molecule has 1 unspecified atom stereocenters. The summed E-state index contributed by atoms with van der Waals surface area (Å²) in [5.41, 5.74) is 8.56. The molecule has 4 N–H and O–H groups in total. The lowest BCUT2D eigenvalue weighted by Crippen LogP contribution is -2.35. The predicted molar refractivity (Wildman–Crippen MR) is 67.5 cm³/mol. The molecule has 0 radical (unpaired) electrons. The van der Waals surface area contributed by atoms with Crippen molar-refractivity contribution in [1.82, 2.24) is 5.01 Å². The Kier molecular flexibility index (Phi) is 2.73. The molecule has 17 heavy (non-hydrogen) atoms. The third-order valence-corrected chi connectivity index (χ3v) is 2.93. The van der Waals surface area contributed by atoms with Gasteiger partial charge in [-0.15, -0.1) is 6.58 Å². The van der Waals surface area contributed by atoms with Gasteiger partial charge in [-0.2, -0.15) is 0 Å². The summed E-state index contributed by atoms with van der Waals surface area (Å²) < 4.78 is 0. The largest absolute Gasteiger partial charge is 0.399 e. The number of benzene rings is 1. The topological polar surface area (TPSA) is 72.3 Å². The van der Waals surface area contributed by atoms with Gasteiger partial charge in [0.05, 0.1) is 11.6 Å². The van der Waals surface area contributed by atoms with Gasteiger partial charge in [0.1, 0.15) is 0 Å². The Morgan fingerprint density at radius 2 is 1.94 bits per heavy atom. The second kappa shape index (κ2) is 4.07. The maximum atomic E-state index is 12.2. The van der Waals surface area contributed by atoms with Crippen LogP contribution < -0.4 is 11.6 Å². The first-order chi connectivity index (χ1) is 8.07. The van der Waals surface area contributed by atoms with Crippen LogP contribution >= 0.6 is 0 Å². The number of carbonyl (C=O) groups excluding carboxylic acids is 1. The van der Waals surface area contributed by atoms with Crippen molar-refractivity contribution in [1.29, 1.82) is 0 Å². The Morgan fingerprint density at radius 3 is 2.47 bits per heavy atom. The van der Waals surface area contributed by atoms with Crippen LogP contribution in [-0.2, 0) is 0 Å². The first-order valence-electron chi connectivity index (χ1n) is 5.32. The molecule has 0 bridgehead atoms. The van der Waals surface area contributed by atoms with Crippen LogP contribution in [0.1, 0.15) is 15.9 Å². The molecule has 0 aliphatic heterocycles. The molecule has 0 heterocycles. The van der Waals surface area contributed by atoms with Crippen LogP contribution in [0.5, 0.6) is 0 Å². The van der Waals surface area contributed by atoms with E-state index in [9.17, 15) is 4.79 Å². The van der Waals surface area contributed by atoms with Crippen LogP contribution in [-0.4, -0.2) is 17.8 Å². The summed E-state index contributed by atoms with van der Waals surface area (Å²) in [4.78, 5) is 12.2. The molecule has 0 saturated carbocycles. The molecule has 2 rings (SSSR count). The molecule has 1 aromatic carbocycles. The van der Waals surface area contributed by atoms with E-state index in [1.807, 2.05) is 18.2 Å². The maximum Gasteiger partial charge on any atom is 0.176 e. The minimum atomic E-state index is -0.495. The van der Waals surface area contributed by atoms with Gasteiger partial charge in [-0.3, -0.25) is 4.79 Å². The number of nitrogens with two attached hydrogens (primary N) is 2. The second-order valence-electron chi connectivity index (χ2n) is 4.04. The molecule has 0 saturated heterocycles. The number of rotatable bonds is 2. The normalized spacial score (nSPS) is 18.9. The van der Waals surface area contributed by atoms with Gasteiger partial charge in [0.2, 0.25) is 0 Å². The number of fused-ring (bicyclic) bond motifs is 1. The van der Waals surface area contributed by atoms with Gasteiger partial charge >= 0.3 is 0 Å². The van der Waals surface area contributed by atoms with Crippen molar-refractivity contribution in [3.63, 3.8) is 0 Å². The van der Waals surface area contributed by atoms with Crippen LogP contribution in [0.3, 0.4) is 0 Å². The summed E-state index contributed by atoms with van der Waals surface area (Å²) >= 11 is 0. The summed E-state index contributed by atoms with van der Waals surface area (Å²) in [7, 11) is 1.70. The molecule has 1 atom stereocenters. The Morgan fingerprint density at radius 1 is 1.35 bits per heavy atom. The fourth-order valence-corrected chi connectivity index (χ4v) is 2.14. The number of allylic oxidation sites excluding steroid dienone is 1. The van der Waals surface area contributed by atoms with Crippen molar-refractivity contribution in [2.75, 3.05) is 7.05 Å². The van der Waals surface area contributed by atoms with Crippen molar-refractivity contribution in [3.05, 3.63) is 53.7 Å². The number of carbonyl (C=O) groups is 1. The third-order valence-electron chi connectivity index (χ3n) is 2.93. The first kappa shape index (κ1) is 11.4. The van der Waals surface area contributed by atoms with E-state index in [1.54, 1.807) is 19.2 Å². The van der Waals surface area contributed by atoms with E-state index < -0.39 is 5.92 Å². The number of hydrogen-bond donors (Lipinski definition) is 2. The monoisotopic (exact) mass is 229 g/mol. The molecule has 0 spiro atoms. The van der Waals surface area contributed by atoms with E-state index in [1.165, 1.54) is 5.01 Å². The van der Waals surface area contributed by atoms with Crippen LogP contribution in [0.2, 0.25) is 0 Å². The highest BCUT2D eigenvalue weighted by molar-refractivity contribution is 6.08. The molecule has 88 valence electrons. The fraction of sp³-hybridized carbons (Fsp3) is 0.154. The zero-order valence-corrected chi connectivity index (χ0v) is 9.68. The van der Waals surface area contributed by atoms with Crippen LogP contribution in [0.25, 0.3) is 5.70 Å². The zero-order valence-electron chi connectivity index (χ0n) is 9.68. The number of Topliss-reactive ketones (excluding diaryl/α,β-unsaturated/α-hetero) is 1. The molecule has 0 fully saturated rings. The van der Waals surface area contributed by atoms with Crippen molar-refractivity contribution in [2.24, 2.45) is 17.5 Å². The minimum absolute atomic E-state index is 0.0290. The molecule has 0 amide bonds. The number of hydrazine groups is 1. The molecular weight excluding hydrogens is 214 g/mol. The molecule has 1 aliphatic carbocycles. The van der Waals surface area contributed by atoms with E-state index in [0.29, 0.717) is 17.0 Å². The van der Waals surface area contributed by atoms with Gasteiger partial charge in [0.15, 0.2) is 5.78 Å². The Balaban J connectivity index is 2.73. The number of nitrogens with zero attached hydrogens (tertiary/aromatic N) is 1. The van der Waals surface area contributed by atoms with E-state index in [2.05, 4.69) is 6.58 Å². The summed E-state index contributed by atoms with van der Waals surface area (Å²) in [5.74, 6) is 5.26. The quantitative estimate of drug-likeness (QED) is 0.453. The zero-order chi connectivity index (χ0) is 12.6. The van der Waals surface area contributed by atoms with Crippen LogP contribution in [0.4, 0.5) is 0 Å². The average molecular weight is 229 g/mol. The van der Waals surface area contributed by atoms with Crippen LogP contribution in [0, 0.1) is 5.92 Å². The first-order valence-corrected chi connectivity index (χ1v) is 5.32. The number of ketones is 1. The summed E-state index contributed by atoms with van der Waals surface area (Å²) in [6.07, 6.45) is 1.55. The molecular formula is C13H15N3O. The maximum absolute atomic E-state index is 12.2. The van der Waals surface area contributed by atoms with Gasteiger partial charge in [0.25, 0.3) is 0 Å². The lowest BCUT2D eigenvalue weighted by Gasteiger charge is -2.29. The molecule has 0 aromatic heterocycles. The van der Waals surface area contributed by atoms with Gasteiger partial charge in [0, 0.05) is 23.9 Å². The van der Waals surface area contributed by atoms with Crippen molar-refractivity contribution < 1.29 is 4.79 Å². The van der Waals surface area contributed by atoms with Gasteiger partial charge in [-0.1, -0.05) is 30.3 Å². The summed E-state index contributed by atoms with van der Waals surface area (Å²) in [5, 5.41) is 1.44. The predicted octanol–water partition coefficient (Wildman–Crippen LogP) is 1.12. The minimum Gasteiger partial charge on any atom is -0.399 e. The molecule has 1 aliphatic rings. The summed E-state index contributed by atoms with van der Waals surface area (Å²) in [6.45, 7) is 3.66. The van der Waals surface area contributed by atoms with E-state index >= 15 is 0 Å². The smallest absolute Gasteiger partial charge is 0.176 e. The van der Waals surface area contributed by atoms with Gasteiger partial charge < -0.3 is 10.7 Å². The van der Waals surface area contributed by atoms with Crippen molar-refractivity contribution in [2.45, 2.75) is 0 Å². The molecule has 4 heteroatoms. The van der Waals surface area contributed by atoms with Crippen molar-refractivity contribution in [3.8, 4) is 0 Å². The SMILES string of the molecule is C=CC1C(=O)c2ccccc2C(N(C)N)=C1N. The van der Waals surface area contributed by atoms with E-state index in [0.717, 1.165) is 5.56 Å². The number of hydrogen-bond acceptors (Lipinski definition) is 4. The Hall–Kier alpha value is -2.07. The standard InChI is InChI=1S/C13H15N3O/c1-3-8-11(14)12(16(2)15)9-6-4-5-7-10(9)13(8)17/h3-8H,1,14-15H2,2H3. The Labute approximate surface area is 100 Å². The van der Waals surface area contributed by atoms with E-state index in [4.69, 9.17) is 11.6 Å². The van der Waals surface area contributed by atoms with Gasteiger partial charge in [-0.05, 0) is 0 Å². The lowest BCUT2D eigenvalue weighted by molar-refractivity contribution is 0.0957. The Bertz CT molecular complexity index is 517.